The summed E-state index contributed by atoms with van der Waals surface area (Å²) in [5, 5.41) is 5.36. The summed E-state index contributed by atoms with van der Waals surface area (Å²) in [6.07, 6.45) is 0.473. The highest BCUT2D eigenvalue weighted by atomic mass is 19.1. The summed E-state index contributed by atoms with van der Waals surface area (Å²) in [4.78, 5) is 24.0. The fraction of sp³-hybridized carbons (Fsp3) is 0.529. The van der Waals surface area contributed by atoms with E-state index in [4.69, 9.17) is 4.74 Å². The second kappa shape index (κ2) is 7.70. The predicted molar refractivity (Wildman–Crippen MR) is 84.3 cm³/mol. The van der Waals surface area contributed by atoms with E-state index in [0.717, 1.165) is 0 Å². The van der Waals surface area contributed by atoms with Gasteiger partial charge >= 0.3 is 0 Å². The van der Waals surface area contributed by atoms with Gasteiger partial charge in [0.25, 0.3) is 0 Å². The molecule has 3 atom stereocenters. The topological polar surface area (TPSA) is 67.4 Å². The third kappa shape index (κ3) is 4.29. The van der Waals surface area contributed by atoms with Crippen molar-refractivity contribution in [3.05, 3.63) is 35.4 Å². The molecule has 0 radical (unpaired) electrons. The van der Waals surface area contributed by atoms with Crippen LogP contribution in [-0.2, 0) is 14.3 Å². The molecule has 1 aromatic rings. The zero-order chi connectivity index (χ0) is 17.9. The zero-order valence-electron chi connectivity index (χ0n) is 13.9. The van der Waals surface area contributed by atoms with Gasteiger partial charge < -0.3 is 15.4 Å². The molecule has 7 heteroatoms. The molecule has 1 fully saturated rings. The standard InChI is InChI=1S/C17H22F2N2O3/c1-9(2)16(21-14(22)8-24-3)17(23)20-13-7-10(13)15-11(18)5-4-6-12(15)19/h4-6,9-10,13,16H,7-8H2,1-3H3,(H,20,23)(H,21,22)/t10-,13+,16-/m0/s1. The molecule has 0 spiro atoms. The maximum atomic E-state index is 13.8. The molecular formula is C17H22F2N2O3. The SMILES string of the molecule is COCC(=O)N[C@H](C(=O)N[C@@H]1C[C@@H]1c1c(F)cccc1F)C(C)C. The maximum Gasteiger partial charge on any atom is 0.246 e. The molecule has 5 nitrogen and oxygen atoms in total. The Morgan fingerprint density at radius 3 is 2.46 bits per heavy atom. The van der Waals surface area contributed by atoms with Crippen molar-refractivity contribution in [1.82, 2.24) is 10.6 Å². The van der Waals surface area contributed by atoms with E-state index >= 15 is 0 Å². The number of halogens is 2. The third-order valence-electron chi connectivity index (χ3n) is 4.03. The minimum Gasteiger partial charge on any atom is -0.375 e. The Balaban J connectivity index is 1.98. The van der Waals surface area contributed by atoms with Crippen LogP contribution >= 0.6 is 0 Å². The minimum atomic E-state index is -0.723. The van der Waals surface area contributed by atoms with Crippen molar-refractivity contribution < 1.29 is 23.1 Å². The fourth-order valence-corrected chi connectivity index (χ4v) is 2.69. The number of hydrogen-bond acceptors (Lipinski definition) is 3. The van der Waals surface area contributed by atoms with Crippen LogP contribution in [0.5, 0.6) is 0 Å². The van der Waals surface area contributed by atoms with Gasteiger partial charge in [-0.2, -0.15) is 0 Å². The monoisotopic (exact) mass is 340 g/mol. The number of benzene rings is 1. The van der Waals surface area contributed by atoms with Gasteiger partial charge in [-0.1, -0.05) is 19.9 Å². The molecule has 132 valence electrons. The smallest absolute Gasteiger partial charge is 0.246 e. The fourth-order valence-electron chi connectivity index (χ4n) is 2.69. The Labute approximate surface area is 139 Å². The summed E-state index contributed by atoms with van der Waals surface area (Å²) >= 11 is 0. The van der Waals surface area contributed by atoms with Crippen LogP contribution in [0.4, 0.5) is 8.78 Å². The Bertz CT molecular complexity index is 602. The van der Waals surface area contributed by atoms with Crippen molar-refractivity contribution in [2.45, 2.75) is 38.3 Å². The van der Waals surface area contributed by atoms with Gasteiger partial charge in [0.05, 0.1) is 0 Å². The van der Waals surface area contributed by atoms with Gasteiger partial charge in [-0.25, -0.2) is 8.78 Å². The largest absolute Gasteiger partial charge is 0.375 e. The van der Waals surface area contributed by atoms with Crippen LogP contribution in [0, 0.1) is 17.6 Å². The molecule has 0 aliphatic heterocycles. The number of nitrogens with one attached hydrogen (secondary N) is 2. The lowest BCUT2D eigenvalue weighted by atomic mass is 10.0. The average Bonchev–Trinajstić information content (AvgIpc) is 3.23. The van der Waals surface area contributed by atoms with Crippen LogP contribution in [-0.4, -0.2) is 37.6 Å². The second-order valence-electron chi connectivity index (χ2n) is 6.31. The van der Waals surface area contributed by atoms with Crippen molar-refractivity contribution in [3.63, 3.8) is 0 Å². The van der Waals surface area contributed by atoms with Crippen molar-refractivity contribution in [2.24, 2.45) is 5.92 Å². The molecule has 2 amide bonds. The van der Waals surface area contributed by atoms with Gasteiger partial charge in [0.1, 0.15) is 24.3 Å². The molecule has 0 unspecified atom stereocenters. The van der Waals surface area contributed by atoms with E-state index in [9.17, 15) is 18.4 Å². The van der Waals surface area contributed by atoms with Crippen molar-refractivity contribution in [3.8, 4) is 0 Å². The predicted octanol–water partition coefficient (Wildman–Crippen LogP) is 1.72. The lowest BCUT2D eigenvalue weighted by Crippen LogP contribution is -2.51. The van der Waals surface area contributed by atoms with Crippen molar-refractivity contribution in [2.75, 3.05) is 13.7 Å². The van der Waals surface area contributed by atoms with E-state index < -0.39 is 17.7 Å². The Morgan fingerprint density at radius 1 is 1.29 bits per heavy atom. The van der Waals surface area contributed by atoms with E-state index in [-0.39, 0.29) is 41.9 Å². The van der Waals surface area contributed by atoms with Gasteiger partial charge in [-0.3, -0.25) is 9.59 Å². The first-order chi connectivity index (χ1) is 11.3. The van der Waals surface area contributed by atoms with Crippen LogP contribution in [0.2, 0.25) is 0 Å². The van der Waals surface area contributed by atoms with E-state index in [2.05, 4.69) is 10.6 Å². The maximum absolute atomic E-state index is 13.8. The molecule has 2 rings (SSSR count). The van der Waals surface area contributed by atoms with Gasteiger partial charge in [-0.05, 0) is 24.5 Å². The van der Waals surface area contributed by atoms with E-state index in [1.807, 2.05) is 0 Å². The summed E-state index contributed by atoms with van der Waals surface area (Å²) < 4.78 is 32.3. The lowest BCUT2D eigenvalue weighted by Gasteiger charge is -2.21. The number of carbonyl (C=O) groups is 2. The van der Waals surface area contributed by atoms with Gasteiger partial charge in [0.15, 0.2) is 0 Å². The molecule has 0 saturated heterocycles. The third-order valence-corrected chi connectivity index (χ3v) is 4.03. The summed E-state index contributed by atoms with van der Waals surface area (Å²) in [5.41, 5.74) is 0.00677. The van der Waals surface area contributed by atoms with Crippen LogP contribution in [0.25, 0.3) is 0 Å². The number of amides is 2. The van der Waals surface area contributed by atoms with Gasteiger partial charge in [0, 0.05) is 24.6 Å². The number of ether oxygens (including phenoxy) is 1. The normalized spacial score (nSPS) is 20.6. The first-order valence-corrected chi connectivity index (χ1v) is 7.87. The van der Waals surface area contributed by atoms with Gasteiger partial charge in [-0.15, -0.1) is 0 Å². The Morgan fingerprint density at radius 2 is 1.92 bits per heavy atom. The van der Waals surface area contributed by atoms with Crippen molar-refractivity contribution >= 4 is 11.8 Å². The molecule has 0 bridgehead atoms. The number of carbonyl (C=O) groups excluding carboxylic acids is 2. The van der Waals surface area contributed by atoms with Crippen LogP contribution in [0.15, 0.2) is 18.2 Å². The number of hydrogen-bond donors (Lipinski definition) is 2. The Hall–Kier alpha value is -2.02. The summed E-state index contributed by atoms with van der Waals surface area (Å²) in [6.45, 7) is 3.47. The first kappa shape index (κ1) is 18.3. The van der Waals surface area contributed by atoms with Crippen LogP contribution in [0.3, 0.4) is 0 Å². The quantitative estimate of drug-likeness (QED) is 0.794. The highest BCUT2D eigenvalue weighted by molar-refractivity contribution is 5.88. The summed E-state index contributed by atoms with van der Waals surface area (Å²) in [7, 11) is 1.39. The van der Waals surface area contributed by atoms with E-state index in [0.29, 0.717) is 6.42 Å². The van der Waals surface area contributed by atoms with Crippen LogP contribution < -0.4 is 10.6 Å². The summed E-state index contributed by atoms with van der Waals surface area (Å²) in [6, 6.07) is 2.67. The first-order valence-electron chi connectivity index (χ1n) is 7.87. The molecule has 0 aromatic heterocycles. The number of rotatable bonds is 7. The molecule has 1 aliphatic carbocycles. The highest BCUT2D eigenvalue weighted by Gasteiger charge is 2.43. The zero-order valence-corrected chi connectivity index (χ0v) is 13.9. The van der Waals surface area contributed by atoms with E-state index in [1.165, 1.54) is 25.3 Å². The lowest BCUT2D eigenvalue weighted by molar-refractivity contribution is -0.132. The minimum absolute atomic E-state index is 0.00677. The molecule has 0 heterocycles. The molecular weight excluding hydrogens is 318 g/mol. The second-order valence-corrected chi connectivity index (χ2v) is 6.31. The summed E-state index contributed by atoms with van der Waals surface area (Å²) in [5.74, 6) is -2.47. The Kier molecular flexibility index (Phi) is 5.88. The van der Waals surface area contributed by atoms with Crippen LogP contribution in [0.1, 0.15) is 31.7 Å². The molecule has 1 aliphatic rings. The highest BCUT2D eigenvalue weighted by Crippen LogP contribution is 2.43. The number of methoxy groups -OCH3 is 1. The van der Waals surface area contributed by atoms with Crippen molar-refractivity contribution in [1.29, 1.82) is 0 Å². The average molecular weight is 340 g/mol. The molecule has 1 aromatic carbocycles. The van der Waals surface area contributed by atoms with E-state index in [1.54, 1.807) is 13.8 Å². The van der Waals surface area contributed by atoms with Gasteiger partial charge in [0.2, 0.25) is 11.8 Å². The molecule has 2 N–H and O–H groups in total. The molecule has 1 saturated carbocycles. The molecule has 24 heavy (non-hydrogen) atoms.